The van der Waals surface area contributed by atoms with Crippen molar-refractivity contribution < 1.29 is 4.74 Å². The standard InChI is InChI=1S/C10H12ClN5O/c1-2-3-16-5-7(4-15-16)17-10-8(12)9(11)13-6-14-10/h4-6H,2-3,12H2,1H3. The molecule has 0 aliphatic carbocycles. The summed E-state index contributed by atoms with van der Waals surface area (Å²) in [5, 5.41) is 4.31. The number of ether oxygens (including phenoxy) is 1. The Morgan fingerprint density at radius 3 is 3.06 bits per heavy atom. The van der Waals surface area contributed by atoms with Crippen molar-refractivity contribution in [2.24, 2.45) is 0 Å². The maximum Gasteiger partial charge on any atom is 0.247 e. The lowest BCUT2D eigenvalue weighted by Gasteiger charge is -2.04. The Morgan fingerprint density at radius 1 is 1.47 bits per heavy atom. The molecule has 0 saturated heterocycles. The summed E-state index contributed by atoms with van der Waals surface area (Å²) in [6, 6.07) is 0. The zero-order valence-corrected chi connectivity index (χ0v) is 10.1. The fraction of sp³-hybridized carbons (Fsp3) is 0.300. The van der Waals surface area contributed by atoms with Crippen LogP contribution in [0.2, 0.25) is 5.15 Å². The highest BCUT2D eigenvalue weighted by Crippen LogP contribution is 2.28. The van der Waals surface area contributed by atoms with Gasteiger partial charge in [-0.3, -0.25) is 4.68 Å². The molecule has 0 amide bonds. The van der Waals surface area contributed by atoms with Crippen LogP contribution in [-0.2, 0) is 6.54 Å². The van der Waals surface area contributed by atoms with Crippen molar-refractivity contribution >= 4 is 17.3 Å². The van der Waals surface area contributed by atoms with Gasteiger partial charge < -0.3 is 10.5 Å². The van der Waals surface area contributed by atoms with Crippen LogP contribution in [0.5, 0.6) is 11.6 Å². The summed E-state index contributed by atoms with van der Waals surface area (Å²) in [6.45, 7) is 2.91. The van der Waals surface area contributed by atoms with Crippen molar-refractivity contribution in [3.8, 4) is 11.6 Å². The summed E-state index contributed by atoms with van der Waals surface area (Å²) in [7, 11) is 0. The van der Waals surface area contributed by atoms with Crippen LogP contribution in [0.15, 0.2) is 18.7 Å². The van der Waals surface area contributed by atoms with Crippen LogP contribution in [0.3, 0.4) is 0 Å². The van der Waals surface area contributed by atoms with E-state index in [0.29, 0.717) is 5.75 Å². The lowest BCUT2D eigenvalue weighted by molar-refractivity contribution is 0.462. The third-order valence-electron chi connectivity index (χ3n) is 2.08. The second-order valence-corrected chi connectivity index (χ2v) is 3.78. The monoisotopic (exact) mass is 253 g/mol. The number of hydrogen-bond acceptors (Lipinski definition) is 5. The minimum atomic E-state index is 0.177. The minimum absolute atomic E-state index is 0.177. The minimum Gasteiger partial charge on any atom is -0.434 e. The summed E-state index contributed by atoms with van der Waals surface area (Å²) in [4.78, 5) is 7.65. The second kappa shape index (κ2) is 5.01. The van der Waals surface area contributed by atoms with Gasteiger partial charge in [0.15, 0.2) is 10.9 Å². The Morgan fingerprint density at radius 2 is 2.29 bits per heavy atom. The zero-order chi connectivity index (χ0) is 12.3. The first-order valence-corrected chi connectivity index (χ1v) is 5.54. The third kappa shape index (κ3) is 2.65. The molecule has 0 aliphatic heterocycles. The molecule has 7 heteroatoms. The van der Waals surface area contributed by atoms with Gasteiger partial charge in [0, 0.05) is 6.54 Å². The van der Waals surface area contributed by atoms with Gasteiger partial charge in [-0.2, -0.15) is 10.1 Å². The van der Waals surface area contributed by atoms with Gasteiger partial charge in [-0.1, -0.05) is 18.5 Å². The van der Waals surface area contributed by atoms with Crippen molar-refractivity contribution in [2.75, 3.05) is 5.73 Å². The summed E-state index contributed by atoms with van der Waals surface area (Å²) in [5.74, 6) is 0.806. The van der Waals surface area contributed by atoms with E-state index in [1.165, 1.54) is 6.33 Å². The Kier molecular flexibility index (Phi) is 3.43. The lowest BCUT2D eigenvalue weighted by Crippen LogP contribution is -1.97. The molecule has 17 heavy (non-hydrogen) atoms. The van der Waals surface area contributed by atoms with Crippen molar-refractivity contribution in [1.82, 2.24) is 19.7 Å². The van der Waals surface area contributed by atoms with Crippen molar-refractivity contribution in [1.29, 1.82) is 0 Å². The number of nitrogens with zero attached hydrogens (tertiary/aromatic N) is 4. The molecule has 0 atom stereocenters. The summed E-state index contributed by atoms with van der Waals surface area (Å²) >= 11 is 5.76. The smallest absolute Gasteiger partial charge is 0.247 e. The van der Waals surface area contributed by atoms with E-state index in [1.807, 2.05) is 0 Å². The molecule has 0 unspecified atom stereocenters. The van der Waals surface area contributed by atoms with Crippen LogP contribution in [0.25, 0.3) is 0 Å². The first-order chi connectivity index (χ1) is 8.20. The molecule has 0 aromatic carbocycles. The molecule has 0 aliphatic rings. The normalized spacial score (nSPS) is 10.5. The van der Waals surface area contributed by atoms with Crippen LogP contribution in [-0.4, -0.2) is 19.7 Å². The molecule has 0 fully saturated rings. The van der Waals surface area contributed by atoms with Gasteiger partial charge in [0.1, 0.15) is 12.0 Å². The van der Waals surface area contributed by atoms with E-state index < -0.39 is 0 Å². The highest BCUT2D eigenvalue weighted by atomic mass is 35.5. The molecule has 0 saturated carbocycles. The van der Waals surface area contributed by atoms with Gasteiger partial charge in [-0.05, 0) is 6.42 Å². The lowest BCUT2D eigenvalue weighted by atomic mass is 10.5. The highest BCUT2D eigenvalue weighted by molar-refractivity contribution is 6.32. The Hall–Kier alpha value is -1.82. The first-order valence-electron chi connectivity index (χ1n) is 5.17. The van der Waals surface area contributed by atoms with Crippen molar-refractivity contribution in [3.63, 3.8) is 0 Å². The Balaban J connectivity index is 2.16. The number of rotatable bonds is 4. The van der Waals surface area contributed by atoms with Gasteiger partial charge >= 0.3 is 0 Å². The van der Waals surface area contributed by atoms with Gasteiger partial charge in [0.2, 0.25) is 5.88 Å². The zero-order valence-electron chi connectivity index (χ0n) is 9.30. The maximum atomic E-state index is 5.76. The summed E-state index contributed by atoms with van der Waals surface area (Å²) in [5.41, 5.74) is 5.91. The quantitative estimate of drug-likeness (QED) is 0.845. The predicted octanol–water partition coefficient (Wildman–Crippen LogP) is 2.11. The number of hydrogen-bond donors (Lipinski definition) is 1. The average molecular weight is 254 g/mol. The molecule has 0 bridgehead atoms. The van der Waals surface area contributed by atoms with Gasteiger partial charge in [-0.15, -0.1) is 0 Å². The summed E-state index contributed by atoms with van der Waals surface area (Å²) in [6.07, 6.45) is 5.68. The van der Waals surface area contributed by atoms with E-state index in [4.69, 9.17) is 22.1 Å². The molecule has 0 radical (unpaired) electrons. The molecular formula is C10H12ClN5O. The van der Waals surface area contributed by atoms with Crippen LogP contribution in [0.4, 0.5) is 5.69 Å². The van der Waals surface area contributed by atoms with E-state index in [2.05, 4.69) is 22.0 Å². The number of nitrogens with two attached hydrogens (primary N) is 1. The number of aromatic nitrogens is 4. The molecule has 6 nitrogen and oxygen atoms in total. The first kappa shape index (κ1) is 11.7. The van der Waals surface area contributed by atoms with E-state index in [-0.39, 0.29) is 16.7 Å². The molecule has 2 N–H and O–H groups in total. The molecule has 2 rings (SSSR count). The predicted molar refractivity (Wildman–Crippen MR) is 64.0 cm³/mol. The summed E-state index contributed by atoms with van der Waals surface area (Å²) < 4.78 is 7.26. The van der Waals surface area contributed by atoms with E-state index in [0.717, 1.165) is 13.0 Å². The number of anilines is 1. The van der Waals surface area contributed by atoms with Gasteiger partial charge in [0.05, 0.1) is 12.4 Å². The highest BCUT2D eigenvalue weighted by Gasteiger charge is 2.09. The van der Waals surface area contributed by atoms with Crippen molar-refractivity contribution in [2.45, 2.75) is 19.9 Å². The fourth-order valence-electron chi connectivity index (χ4n) is 1.30. The molecule has 0 spiro atoms. The molecule has 2 heterocycles. The number of halogens is 1. The maximum absolute atomic E-state index is 5.76. The Bertz CT molecular complexity index is 513. The fourth-order valence-corrected chi connectivity index (χ4v) is 1.43. The molecule has 90 valence electrons. The van der Waals surface area contributed by atoms with Gasteiger partial charge in [0.25, 0.3) is 0 Å². The van der Waals surface area contributed by atoms with Crippen LogP contribution in [0.1, 0.15) is 13.3 Å². The van der Waals surface area contributed by atoms with Crippen molar-refractivity contribution in [3.05, 3.63) is 23.9 Å². The number of nitrogen functional groups attached to an aromatic ring is 1. The topological polar surface area (TPSA) is 78.8 Å². The number of aryl methyl sites for hydroxylation is 1. The van der Waals surface area contributed by atoms with E-state index in [1.54, 1.807) is 17.1 Å². The largest absolute Gasteiger partial charge is 0.434 e. The Labute approximate surface area is 103 Å². The van der Waals surface area contributed by atoms with Crippen LogP contribution in [0, 0.1) is 0 Å². The molecular weight excluding hydrogens is 242 g/mol. The third-order valence-corrected chi connectivity index (χ3v) is 2.38. The van der Waals surface area contributed by atoms with E-state index in [9.17, 15) is 0 Å². The van der Waals surface area contributed by atoms with Crippen LogP contribution < -0.4 is 10.5 Å². The van der Waals surface area contributed by atoms with Crippen LogP contribution >= 0.6 is 11.6 Å². The molecule has 2 aromatic heterocycles. The average Bonchev–Trinajstić information content (AvgIpc) is 2.73. The van der Waals surface area contributed by atoms with E-state index >= 15 is 0 Å². The second-order valence-electron chi connectivity index (χ2n) is 3.42. The molecule has 2 aromatic rings. The SMILES string of the molecule is CCCn1cc(Oc2ncnc(Cl)c2N)cn1. The van der Waals surface area contributed by atoms with Gasteiger partial charge in [-0.25, -0.2) is 4.98 Å².